The Morgan fingerprint density at radius 1 is 1.09 bits per heavy atom. The molecule has 0 saturated carbocycles. The van der Waals surface area contributed by atoms with Crippen LogP contribution < -0.4 is 19.5 Å². The average molecular weight is 436 g/mol. The Kier molecular flexibility index (Phi) is 5.16. The summed E-state index contributed by atoms with van der Waals surface area (Å²) in [6, 6.07) is 14.5. The molecule has 0 saturated heterocycles. The highest BCUT2D eigenvalue weighted by atomic mass is 19.1. The molecule has 32 heavy (non-hydrogen) atoms. The zero-order chi connectivity index (χ0) is 21.9. The van der Waals surface area contributed by atoms with Crippen LogP contribution in [0, 0.1) is 5.82 Å². The Labute approximate surface area is 181 Å². The van der Waals surface area contributed by atoms with Crippen molar-refractivity contribution in [3.63, 3.8) is 0 Å². The summed E-state index contributed by atoms with van der Waals surface area (Å²) in [5.74, 6) is 1.79. The van der Waals surface area contributed by atoms with Crippen molar-refractivity contribution < 1.29 is 27.8 Å². The molecule has 0 aliphatic carbocycles. The maximum atomic E-state index is 13.0. The first-order chi connectivity index (χ1) is 15.6. The quantitative estimate of drug-likeness (QED) is 0.472. The monoisotopic (exact) mass is 436 g/mol. The SMILES string of the molecule is O=C(Nc1ncn(Cc2ccc(F)cc2)n1)c1ccc(COc2ccc3c(c2)OCO3)o1. The molecule has 1 aliphatic rings. The molecule has 0 atom stereocenters. The third-order valence-corrected chi connectivity index (χ3v) is 4.63. The molecule has 0 spiro atoms. The molecule has 5 rings (SSSR count). The van der Waals surface area contributed by atoms with Gasteiger partial charge in [0.2, 0.25) is 12.7 Å². The summed E-state index contributed by atoms with van der Waals surface area (Å²) in [5.41, 5.74) is 0.854. The van der Waals surface area contributed by atoms with Gasteiger partial charge < -0.3 is 18.6 Å². The zero-order valence-electron chi connectivity index (χ0n) is 16.7. The lowest BCUT2D eigenvalue weighted by molar-refractivity contribution is 0.0991. The van der Waals surface area contributed by atoms with Crippen molar-refractivity contribution in [3.05, 3.63) is 83.8 Å². The first-order valence-electron chi connectivity index (χ1n) is 9.69. The van der Waals surface area contributed by atoms with Crippen molar-refractivity contribution in [1.29, 1.82) is 0 Å². The van der Waals surface area contributed by atoms with Crippen molar-refractivity contribution in [1.82, 2.24) is 14.8 Å². The van der Waals surface area contributed by atoms with E-state index in [1.54, 1.807) is 42.5 Å². The first kappa shape index (κ1) is 19.6. The summed E-state index contributed by atoms with van der Waals surface area (Å²) in [7, 11) is 0. The predicted octanol–water partition coefficient (Wildman–Crippen LogP) is 3.62. The summed E-state index contributed by atoms with van der Waals surface area (Å²) >= 11 is 0. The highest BCUT2D eigenvalue weighted by Gasteiger charge is 2.16. The van der Waals surface area contributed by atoms with Crippen LogP contribution in [-0.2, 0) is 13.2 Å². The van der Waals surface area contributed by atoms with Gasteiger partial charge >= 0.3 is 0 Å². The maximum Gasteiger partial charge on any atom is 0.293 e. The minimum atomic E-state index is -0.487. The number of aromatic nitrogens is 3. The van der Waals surface area contributed by atoms with Gasteiger partial charge in [0.05, 0.1) is 6.54 Å². The van der Waals surface area contributed by atoms with E-state index in [1.807, 2.05) is 0 Å². The summed E-state index contributed by atoms with van der Waals surface area (Å²) in [6.45, 7) is 0.720. The Hall–Kier alpha value is -4.34. The molecule has 0 bridgehead atoms. The second-order valence-corrected chi connectivity index (χ2v) is 6.92. The molecule has 10 heteroatoms. The number of halogens is 1. The van der Waals surface area contributed by atoms with E-state index in [0.717, 1.165) is 5.56 Å². The third-order valence-electron chi connectivity index (χ3n) is 4.63. The molecule has 0 unspecified atom stereocenters. The largest absolute Gasteiger partial charge is 0.486 e. The number of hydrogen-bond donors (Lipinski definition) is 1. The van der Waals surface area contributed by atoms with Gasteiger partial charge in [0, 0.05) is 6.07 Å². The Morgan fingerprint density at radius 3 is 2.81 bits per heavy atom. The van der Waals surface area contributed by atoms with E-state index in [0.29, 0.717) is 29.6 Å². The van der Waals surface area contributed by atoms with Gasteiger partial charge in [0.15, 0.2) is 17.3 Å². The van der Waals surface area contributed by atoms with Crippen molar-refractivity contribution in [3.8, 4) is 17.2 Å². The first-order valence-corrected chi connectivity index (χ1v) is 9.69. The maximum absolute atomic E-state index is 13.0. The molecule has 2 aromatic carbocycles. The molecular weight excluding hydrogens is 419 g/mol. The Morgan fingerprint density at radius 2 is 1.94 bits per heavy atom. The van der Waals surface area contributed by atoms with Crippen molar-refractivity contribution in [2.45, 2.75) is 13.2 Å². The smallest absolute Gasteiger partial charge is 0.293 e. The molecule has 162 valence electrons. The molecule has 4 aromatic rings. The van der Waals surface area contributed by atoms with Crippen LogP contribution >= 0.6 is 0 Å². The highest BCUT2D eigenvalue weighted by Crippen LogP contribution is 2.35. The van der Waals surface area contributed by atoms with Gasteiger partial charge in [0.1, 0.15) is 30.3 Å². The third kappa shape index (κ3) is 4.38. The molecular formula is C22H17FN4O5. The summed E-state index contributed by atoms with van der Waals surface area (Å²) in [6.07, 6.45) is 1.48. The van der Waals surface area contributed by atoms with Gasteiger partial charge in [-0.1, -0.05) is 12.1 Å². The van der Waals surface area contributed by atoms with Crippen LogP contribution in [0.5, 0.6) is 17.2 Å². The summed E-state index contributed by atoms with van der Waals surface area (Å²) < 4.78 is 36.4. The second kappa shape index (κ2) is 8.42. The van der Waals surface area contributed by atoms with E-state index in [2.05, 4.69) is 15.4 Å². The van der Waals surface area contributed by atoms with Gasteiger partial charge in [-0.2, -0.15) is 0 Å². The molecule has 2 aromatic heterocycles. The normalized spacial score (nSPS) is 12.0. The molecule has 0 radical (unpaired) electrons. The molecule has 1 N–H and O–H groups in total. The summed E-state index contributed by atoms with van der Waals surface area (Å²) in [4.78, 5) is 16.5. The zero-order valence-corrected chi connectivity index (χ0v) is 16.7. The van der Waals surface area contributed by atoms with E-state index in [-0.39, 0.29) is 30.9 Å². The van der Waals surface area contributed by atoms with Crippen LogP contribution in [0.25, 0.3) is 0 Å². The van der Waals surface area contributed by atoms with Crippen LogP contribution in [0.2, 0.25) is 0 Å². The van der Waals surface area contributed by atoms with Crippen LogP contribution in [0.4, 0.5) is 10.3 Å². The Balaban J connectivity index is 1.16. The molecule has 9 nitrogen and oxygen atoms in total. The van der Waals surface area contributed by atoms with Gasteiger partial charge in [-0.05, 0) is 42.0 Å². The second-order valence-electron chi connectivity index (χ2n) is 6.92. The number of anilines is 1. The molecule has 0 fully saturated rings. The van der Waals surface area contributed by atoms with Crippen LogP contribution in [-0.4, -0.2) is 27.5 Å². The predicted molar refractivity (Wildman–Crippen MR) is 109 cm³/mol. The number of nitrogens with zero attached hydrogens (tertiary/aromatic N) is 3. The molecule has 3 heterocycles. The fourth-order valence-electron chi connectivity index (χ4n) is 3.07. The minimum absolute atomic E-state index is 0.101. The van der Waals surface area contributed by atoms with E-state index in [4.69, 9.17) is 18.6 Å². The number of amides is 1. The van der Waals surface area contributed by atoms with Gasteiger partial charge in [-0.3, -0.25) is 10.1 Å². The topological polar surface area (TPSA) is 101 Å². The minimum Gasteiger partial charge on any atom is -0.486 e. The lowest BCUT2D eigenvalue weighted by atomic mass is 10.2. The number of benzene rings is 2. The highest BCUT2D eigenvalue weighted by molar-refractivity contribution is 6.01. The van der Waals surface area contributed by atoms with Gasteiger partial charge in [-0.25, -0.2) is 14.1 Å². The number of ether oxygens (including phenoxy) is 3. The van der Waals surface area contributed by atoms with E-state index in [9.17, 15) is 9.18 Å². The fourth-order valence-corrected chi connectivity index (χ4v) is 3.07. The molecule has 1 amide bonds. The van der Waals surface area contributed by atoms with E-state index in [1.165, 1.54) is 23.1 Å². The van der Waals surface area contributed by atoms with E-state index < -0.39 is 5.91 Å². The lowest BCUT2D eigenvalue weighted by Gasteiger charge is -2.05. The van der Waals surface area contributed by atoms with Crippen molar-refractivity contribution in [2.75, 3.05) is 12.1 Å². The van der Waals surface area contributed by atoms with Crippen LogP contribution in [0.1, 0.15) is 21.9 Å². The summed E-state index contributed by atoms with van der Waals surface area (Å²) in [5, 5.41) is 6.78. The van der Waals surface area contributed by atoms with Crippen molar-refractivity contribution in [2.24, 2.45) is 0 Å². The molecule has 1 aliphatic heterocycles. The van der Waals surface area contributed by atoms with E-state index >= 15 is 0 Å². The number of fused-ring (bicyclic) bond motifs is 1. The number of hydrogen-bond acceptors (Lipinski definition) is 7. The average Bonchev–Trinajstić information content (AvgIpc) is 3.54. The number of carbonyl (C=O) groups is 1. The van der Waals surface area contributed by atoms with Gasteiger partial charge in [0.25, 0.3) is 5.91 Å². The fraction of sp³-hybridized carbons (Fsp3) is 0.136. The van der Waals surface area contributed by atoms with Crippen LogP contribution in [0.15, 0.2) is 65.3 Å². The van der Waals surface area contributed by atoms with Crippen LogP contribution in [0.3, 0.4) is 0 Å². The number of carbonyl (C=O) groups excluding carboxylic acids is 1. The Bertz CT molecular complexity index is 1250. The van der Waals surface area contributed by atoms with Crippen molar-refractivity contribution >= 4 is 11.9 Å². The number of rotatable bonds is 7. The van der Waals surface area contributed by atoms with Gasteiger partial charge in [-0.15, -0.1) is 5.10 Å². The standard InChI is InChI=1S/C22H17FN4O5/c23-15-3-1-14(2-4-15)10-27-12-24-22(26-27)25-21(28)19-8-6-17(32-19)11-29-16-5-7-18-20(9-16)31-13-30-18/h1-9,12H,10-11,13H2,(H,25,26,28). The number of nitrogens with one attached hydrogen (secondary N) is 1. The lowest BCUT2D eigenvalue weighted by Crippen LogP contribution is -2.12. The number of furan rings is 1.